The van der Waals surface area contributed by atoms with E-state index in [0.717, 1.165) is 0 Å². The molecule has 0 aliphatic heterocycles. The lowest BCUT2D eigenvalue weighted by molar-refractivity contribution is -0.389. The van der Waals surface area contributed by atoms with Gasteiger partial charge >= 0.3 is 5.82 Å². The van der Waals surface area contributed by atoms with Gasteiger partial charge in [-0.15, -0.1) is 0 Å². The van der Waals surface area contributed by atoms with Crippen LogP contribution in [0, 0.1) is 10.1 Å². The average molecular weight is 198 g/mol. The first-order valence-corrected chi connectivity index (χ1v) is 3.83. The van der Waals surface area contributed by atoms with Gasteiger partial charge < -0.3 is 15.1 Å². The van der Waals surface area contributed by atoms with Crippen LogP contribution in [0.4, 0.5) is 5.82 Å². The quantitative estimate of drug-likeness (QED) is 0.562. The molecule has 66 valence electrons. The Bertz CT molecular complexity index is 480. The van der Waals surface area contributed by atoms with Gasteiger partial charge in [-0.05, 0) is 9.91 Å². The van der Waals surface area contributed by atoms with Crippen LogP contribution in [-0.4, -0.2) is 14.9 Å². The minimum absolute atomic E-state index is 0.200. The summed E-state index contributed by atoms with van der Waals surface area (Å²) < 4.78 is 0. The highest BCUT2D eigenvalue weighted by Crippen LogP contribution is 2.24. The summed E-state index contributed by atoms with van der Waals surface area (Å²) in [6.07, 6.45) is 2.96. The van der Waals surface area contributed by atoms with Gasteiger partial charge in [0.2, 0.25) is 0 Å². The zero-order valence-electron chi connectivity index (χ0n) is 6.32. The molecular formula is C7H4ClN3O2. The zero-order chi connectivity index (χ0) is 9.42. The average Bonchev–Trinajstić information content (AvgIpc) is 2.47. The van der Waals surface area contributed by atoms with Crippen molar-refractivity contribution in [1.29, 1.82) is 0 Å². The monoisotopic (exact) mass is 197 g/mol. The van der Waals surface area contributed by atoms with Gasteiger partial charge in [0.15, 0.2) is 6.20 Å². The van der Waals surface area contributed by atoms with Gasteiger partial charge in [-0.25, -0.2) is 0 Å². The van der Waals surface area contributed by atoms with Gasteiger partial charge in [-0.3, -0.25) is 0 Å². The molecule has 13 heavy (non-hydrogen) atoms. The maximum atomic E-state index is 10.4. The second-order valence-corrected chi connectivity index (χ2v) is 2.89. The molecule has 0 unspecified atom stereocenters. The number of fused-ring (bicyclic) bond motifs is 1. The number of rotatable bonds is 1. The first-order valence-electron chi connectivity index (χ1n) is 3.45. The first kappa shape index (κ1) is 8.00. The Morgan fingerprint density at radius 1 is 1.62 bits per heavy atom. The molecule has 0 saturated carbocycles. The second-order valence-electron chi connectivity index (χ2n) is 2.48. The first-order chi connectivity index (χ1) is 6.18. The van der Waals surface area contributed by atoms with Crippen LogP contribution < -0.4 is 0 Å². The number of hydrogen-bond acceptors (Lipinski definition) is 3. The van der Waals surface area contributed by atoms with E-state index < -0.39 is 4.92 Å². The molecule has 2 rings (SSSR count). The predicted octanol–water partition coefficient (Wildman–Crippen LogP) is 2.12. The van der Waals surface area contributed by atoms with Crippen molar-refractivity contribution in [3.05, 3.63) is 33.6 Å². The molecule has 0 aliphatic rings. The lowest BCUT2D eigenvalue weighted by Crippen LogP contribution is -1.90. The van der Waals surface area contributed by atoms with Crippen molar-refractivity contribution in [1.82, 2.24) is 9.97 Å². The molecule has 2 aromatic heterocycles. The summed E-state index contributed by atoms with van der Waals surface area (Å²) in [7, 11) is 0. The van der Waals surface area contributed by atoms with Crippen molar-refractivity contribution in [2.24, 2.45) is 0 Å². The van der Waals surface area contributed by atoms with E-state index in [4.69, 9.17) is 11.6 Å². The Morgan fingerprint density at radius 2 is 2.38 bits per heavy atom. The van der Waals surface area contributed by atoms with E-state index in [0.29, 0.717) is 15.9 Å². The molecule has 1 N–H and O–H groups in total. The number of aromatic nitrogens is 2. The van der Waals surface area contributed by atoms with Crippen LogP contribution in [-0.2, 0) is 0 Å². The summed E-state index contributed by atoms with van der Waals surface area (Å²) in [5.41, 5.74) is 0.690. The topological polar surface area (TPSA) is 71.8 Å². The van der Waals surface area contributed by atoms with Gasteiger partial charge in [0.05, 0.1) is 10.5 Å². The summed E-state index contributed by atoms with van der Waals surface area (Å²) >= 11 is 5.77. The fourth-order valence-electron chi connectivity index (χ4n) is 1.08. The predicted molar refractivity (Wildman–Crippen MR) is 47.8 cm³/mol. The molecule has 0 fully saturated rings. The third kappa shape index (κ3) is 1.23. The van der Waals surface area contributed by atoms with Crippen LogP contribution >= 0.6 is 11.6 Å². The molecule has 0 amide bonds. The van der Waals surface area contributed by atoms with Crippen LogP contribution in [0.25, 0.3) is 10.9 Å². The van der Waals surface area contributed by atoms with Gasteiger partial charge in [0, 0.05) is 17.6 Å². The lowest BCUT2D eigenvalue weighted by Gasteiger charge is -1.91. The smallest absolute Gasteiger partial charge is 0.358 e. The number of hydrogen-bond donors (Lipinski definition) is 1. The Kier molecular flexibility index (Phi) is 1.66. The normalized spacial score (nSPS) is 10.5. The van der Waals surface area contributed by atoms with E-state index in [1.807, 2.05) is 0 Å². The summed E-state index contributed by atoms with van der Waals surface area (Å²) in [6, 6.07) is 1.34. The lowest BCUT2D eigenvalue weighted by atomic mass is 10.3. The maximum Gasteiger partial charge on any atom is 0.364 e. The minimum atomic E-state index is -0.553. The molecule has 0 bridgehead atoms. The third-order valence-electron chi connectivity index (χ3n) is 1.69. The molecule has 2 aromatic rings. The molecule has 0 atom stereocenters. The number of nitrogens with zero attached hydrogens (tertiary/aromatic N) is 2. The molecule has 0 aromatic carbocycles. The number of nitrogens with one attached hydrogen (secondary N) is 1. The molecular weight excluding hydrogens is 194 g/mol. The Labute approximate surface area is 77.5 Å². The molecule has 0 saturated heterocycles. The van der Waals surface area contributed by atoms with Crippen molar-refractivity contribution in [2.45, 2.75) is 0 Å². The van der Waals surface area contributed by atoms with E-state index in [1.165, 1.54) is 12.3 Å². The maximum absolute atomic E-state index is 10.4. The Balaban J connectivity index is 2.72. The summed E-state index contributed by atoms with van der Waals surface area (Å²) in [6.45, 7) is 0. The number of halogens is 1. The number of pyridine rings is 1. The molecule has 5 nitrogen and oxygen atoms in total. The summed E-state index contributed by atoms with van der Waals surface area (Å²) in [4.78, 5) is 16.3. The van der Waals surface area contributed by atoms with Crippen LogP contribution in [0.5, 0.6) is 0 Å². The van der Waals surface area contributed by atoms with E-state index in [1.54, 1.807) is 6.20 Å². The number of aromatic amines is 1. The molecule has 0 radical (unpaired) electrons. The van der Waals surface area contributed by atoms with Crippen molar-refractivity contribution >= 4 is 28.3 Å². The molecule has 0 spiro atoms. The van der Waals surface area contributed by atoms with Crippen LogP contribution in [0.15, 0.2) is 18.5 Å². The highest BCUT2D eigenvalue weighted by atomic mass is 35.5. The van der Waals surface area contributed by atoms with Crippen molar-refractivity contribution in [3.63, 3.8) is 0 Å². The van der Waals surface area contributed by atoms with E-state index in [9.17, 15) is 10.1 Å². The van der Waals surface area contributed by atoms with Gasteiger partial charge in [0.1, 0.15) is 0 Å². The van der Waals surface area contributed by atoms with E-state index >= 15 is 0 Å². The minimum Gasteiger partial charge on any atom is -0.358 e. The number of nitro groups is 1. The van der Waals surface area contributed by atoms with Gasteiger partial charge in [0.25, 0.3) is 0 Å². The zero-order valence-corrected chi connectivity index (χ0v) is 7.08. The summed E-state index contributed by atoms with van der Waals surface area (Å²) in [5, 5.41) is 11.4. The fourth-order valence-corrected chi connectivity index (χ4v) is 1.29. The standard InChI is InChI=1S/C7H4ClN3O2/c8-5-2-9-6-3-10-7(11(12)13)1-4(5)6/h1-3,9H. The van der Waals surface area contributed by atoms with Crippen LogP contribution in [0.1, 0.15) is 0 Å². The third-order valence-corrected chi connectivity index (χ3v) is 2.00. The Hall–Kier alpha value is -1.62. The van der Waals surface area contributed by atoms with Gasteiger partial charge in [-0.1, -0.05) is 11.6 Å². The SMILES string of the molecule is O=[N+]([O-])c1cc2c(Cl)c[nH]c2cn1. The highest BCUT2D eigenvalue weighted by molar-refractivity contribution is 6.35. The highest BCUT2D eigenvalue weighted by Gasteiger charge is 2.10. The molecule has 0 aliphatic carbocycles. The van der Waals surface area contributed by atoms with E-state index in [-0.39, 0.29) is 5.82 Å². The second kappa shape index (κ2) is 2.70. The van der Waals surface area contributed by atoms with Crippen LogP contribution in [0.3, 0.4) is 0 Å². The summed E-state index contributed by atoms with van der Waals surface area (Å²) in [5.74, 6) is -0.200. The fraction of sp³-hybridized carbons (Fsp3) is 0. The largest absolute Gasteiger partial charge is 0.364 e. The Morgan fingerprint density at radius 3 is 3.08 bits per heavy atom. The number of H-pyrrole nitrogens is 1. The van der Waals surface area contributed by atoms with Crippen molar-refractivity contribution in [2.75, 3.05) is 0 Å². The molecule has 2 heterocycles. The van der Waals surface area contributed by atoms with Gasteiger partial charge in [-0.2, -0.15) is 0 Å². The van der Waals surface area contributed by atoms with E-state index in [2.05, 4.69) is 9.97 Å². The van der Waals surface area contributed by atoms with Crippen LogP contribution in [0.2, 0.25) is 5.02 Å². The van der Waals surface area contributed by atoms with Crippen molar-refractivity contribution < 1.29 is 4.92 Å². The molecule has 6 heteroatoms. The van der Waals surface area contributed by atoms with Crippen molar-refractivity contribution in [3.8, 4) is 0 Å².